The minimum Gasteiger partial charge on any atom is -0.444 e. The van der Waals surface area contributed by atoms with Gasteiger partial charge in [-0.1, -0.05) is 30.3 Å². The van der Waals surface area contributed by atoms with Gasteiger partial charge >= 0.3 is 6.09 Å². The van der Waals surface area contributed by atoms with Crippen molar-refractivity contribution in [3.63, 3.8) is 0 Å². The third-order valence-electron chi connectivity index (χ3n) is 5.50. The predicted molar refractivity (Wildman–Crippen MR) is 127 cm³/mol. The Morgan fingerprint density at radius 2 is 1.65 bits per heavy atom. The zero-order chi connectivity index (χ0) is 24.7. The maximum Gasteiger partial charge on any atom is 0.410 e. The molecule has 2 N–H and O–H groups in total. The van der Waals surface area contributed by atoms with E-state index in [9.17, 15) is 18.8 Å². The summed E-state index contributed by atoms with van der Waals surface area (Å²) in [4.78, 5) is 39.8. The van der Waals surface area contributed by atoms with Gasteiger partial charge in [0.05, 0.1) is 0 Å². The van der Waals surface area contributed by atoms with Crippen LogP contribution in [0.5, 0.6) is 0 Å². The van der Waals surface area contributed by atoms with Crippen molar-refractivity contribution in [1.82, 2.24) is 15.5 Å². The molecule has 1 saturated heterocycles. The molecule has 1 fully saturated rings. The standard InChI is InChI=1S/C26H32FN3O4/c1-26(2,3)34-25(33)30-15-13-21(14-16-30)28-24(32)22(17-18-7-5-4-6-8-18)29-23(31)19-9-11-20(27)12-10-19/h4-12,21-22H,13-17H2,1-3H3,(H,28,32)(H,29,31). The molecule has 0 radical (unpaired) electrons. The fraction of sp³-hybridized carbons (Fsp3) is 0.423. The Morgan fingerprint density at radius 1 is 1.03 bits per heavy atom. The van der Waals surface area contributed by atoms with Gasteiger partial charge in [0.1, 0.15) is 17.5 Å². The molecular formula is C26H32FN3O4. The van der Waals surface area contributed by atoms with Gasteiger partial charge in [-0.2, -0.15) is 0 Å². The van der Waals surface area contributed by atoms with Crippen molar-refractivity contribution < 1.29 is 23.5 Å². The number of carbonyl (C=O) groups is 3. The molecule has 0 bridgehead atoms. The zero-order valence-electron chi connectivity index (χ0n) is 19.8. The van der Waals surface area contributed by atoms with Gasteiger partial charge in [0, 0.05) is 31.1 Å². The summed E-state index contributed by atoms with van der Waals surface area (Å²) in [6.07, 6.45) is 1.14. The molecule has 3 amide bonds. The Morgan fingerprint density at radius 3 is 2.24 bits per heavy atom. The maximum atomic E-state index is 13.2. The molecule has 0 spiro atoms. The topological polar surface area (TPSA) is 87.7 Å². The van der Waals surface area contributed by atoms with Crippen LogP contribution in [0.4, 0.5) is 9.18 Å². The Kier molecular flexibility index (Phi) is 8.26. The Balaban J connectivity index is 1.62. The number of hydrogen-bond acceptors (Lipinski definition) is 4. The van der Waals surface area contributed by atoms with E-state index in [1.54, 1.807) is 4.90 Å². The van der Waals surface area contributed by atoms with E-state index in [4.69, 9.17) is 4.74 Å². The number of amides is 3. The lowest BCUT2D eigenvalue weighted by atomic mass is 10.0. The molecule has 182 valence electrons. The minimum atomic E-state index is -0.802. The lowest BCUT2D eigenvalue weighted by molar-refractivity contribution is -0.124. The highest BCUT2D eigenvalue weighted by atomic mass is 19.1. The number of nitrogens with zero attached hydrogens (tertiary/aromatic N) is 1. The van der Waals surface area contributed by atoms with Gasteiger partial charge in [0.2, 0.25) is 5.91 Å². The molecule has 7 nitrogen and oxygen atoms in total. The fourth-order valence-corrected chi connectivity index (χ4v) is 3.74. The molecule has 1 aliphatic rings. The second kappa shape index (κ2) is 11.1. The van der Waals surface area contributed by atoms with E-state index in [-0.39, 0.29) is 23.6 Å². The number of hydrogen-bond donors (Lipinski definition) is 2. The van der Waals surface area contributed by atoms with Crippen LogP contribution in [0.1, 0.15) is 49.5 Å². The summed E-state index contributed by atoms with van der Waals surface area (Å²) in [5.74, 6) is -1.18. The van der Waals surface area contributed by atoms with Crippen LogP contribution in [0.3, 0.4) is 0 Å². The van der Waals surface area contributed by atoms with Gasteiger partial charge in [-0.05, 0) is 63.4 Å². The van der Waals surface area contributed by atoms with E-state index in [0.29, 0.717) is 32.4 Å². The summed E-state index contributed by atoms with van der Waals surface area (Å²) >= 11 is 0. The lowest BCUT2D eigenvalue weighted by Crippen LogP contribution is -2.53. The van der Waals surface area contributed by atoms with Crippen molar-refractivity contribution >= 4 is 17.9 Å². The zero-order valence-corrected chi connectivity index (χ0v) is 19.8. The Hall–Kier alpha value is -3.42. The van der Waals surface area contributed by atoms with E-state index in [1.807, 2.05) is 51.1 Å². The number of nitrogens with one attached hydrogen (secondary N) is 2. The Bertz CT molecular complexity index is 981. The fourth-order valence-electron chi connectivity index (χ4n) is 3.74. The van der Waals surface area contributed by atoms with Crippen LogP contribution in [0, 0.1) is 5.82 Å². The summed E-state index contributed by atoms with van der Waals surface area (Å²) in [6.45, 7) is 6.43. The number of halogens is 1. The van der Waals surface area contributed by atoms with Crippen LogP contribution in [-0.2, 0) is 16.0 Å². The molecule has 34 heavy (non-hydrogen) atoms. The minimum absolute atomic E-state index is 0.118. The number of carbonyl (C=O) groups excluding carboxylic acids is 3. The number of piperidine rings is 1. The summed E-state index contributed by atoms with van der Waals surface area (Å²) in [5, 5.41) is 5.81. The third kappa shape index (κ3) is 7.57. The van der Waals surface area contributed by atoms with Crippen LogP contribution in [-0.4, -0.2) is 53.6 Å². The molecule has 1 heterocycles. The summed E-state index contributed by atoms with van der Waals surface area (Å²) < 4.78 is 18.6. The number of rotatable bonds is 6. The highest BCUT2D eigenvalue weighted by Gasteiger charge is 2.29. The van der Waals surface area contributed by atoms with Crippen molar-refractivity contribution in [2.24, 2.45) is 0 Å². The summed E-state index contributed by atoms with van der Waals surface area (Å²) in [5.41, 5.74) is 0.620. The smallest absolute Gasteiger partial charge is 0.410 e. The molecule has 3 rings (SSSR count). The molecule has 2 aromatic carbocycles. The Labute approximate surface area is 199 Å². The number of likely N-dealkylation sites (tertiary alicyclic amines) is 1. The molecular weight excluding hydrogens is 437 g/mol. The average Bonchev–Trinajstić information content (AvgIpc) is 2.79. The molecule has 1 unspecified atom stereocenters. The van der Waals surface area contributed by atoms with Crippen molar-refractivity contribution in [1.29, 1.82) is 0 Å². The SMILES string of the molecule is CC(C)(C)OC(=O)N1CCC(NC(=O)C(Cc2ccccc2)NC(=O)c2ccc(F)cc2)CC1. The number of benzene rings is 2. The van der Waals surface area contributed by atoms with Crippen LogP contribution in [0.25, 0.3) is 0 Å². The van der Waals surface area contributed by atoms with Gasteiger partial charge in [-0.3, -0.25) is 9.59 Å². The van der Waals surface area contributed by atoms with Gasteiger partial charge in [-0.15, -0.1) is 0 Å². The van der Waals surface area contributed by atoms with Crippen LogP contribution in [0.2, 0.25) is 0 Å². The van der Waals surface area contributed by atoms with Gasteiger partial charge in [0.25, 0.3) is 5.91 Å². The third-order valence-corrected chi connectivity index (χ3v) is 5.50. The summed E-state index contributed by atoms with van der Waals surface area (Å²) in [6, 6.07) is 13.7. The van der Waals surface area contributed by atoms with E-state index in [1.165, 1.54) is 24.3 Å². The first kappa shape index (κ1) is 25.2. The largest absolute Gasteiger partial charge is 0.444 e. The first-order chi connectivity index (χ1) is 16.1. The number of ether oxygens (including phenoxy) is 1. The molecule has 8 heteroatoms. The van der Waals surface area contributed by atoms with Crippen molar-refractivity contribution in [2.75, 3.05) is 13.1 Å². The summed E-state index contributed by atoms with van der Waals surface area (Å²) in [7, 11) is 0. The van der Waals surface area contributed by atoms with Crippen molar-refractivity contribution in [2.45, 2.75) is 57.7 Å². The van der Waals surface area contributed by atoms with E-state index < -0.39 is 23.4 Å². The molecule has 1 atom stereocenters. The highest BCUT2D eigenvalue weighted by molar-refractivity contribution is 5.97. The van der Waals surface area contributed by atoms with Crippen LogP contribution in [0.15, 0.2) is 54.6 Å². The van der Waals surface area contributed by atoms with Gasteiger partial charge in [-0.25, -0.2) is 9.18 Å². The van der Waals surface area contributed by atoms with Crippen LogP contribution >= 0.6 is 0 Å². The van der Waals surface area contributed by atoms with Crippen LogP contribution < -0.4 is 10.6 Å². The maximum absolute atomic E-state index is 13.2. The van der Waals surface area contributed by atoms with Gasteiger partial charge < -0.3 is 20.3 Å². The van der Waals surface area contributed by atoms with Crippen molar-refractivity contribution in [3.05, 3.63) is 71.5 Å². The highest BCUT2D eigenvalue weighted by Crippen LogP contribution is 2.16. The normalized spacial score (nSPS) is 15.4. The molecule has 0 aromatic heterocycles. The molecule has 2 aromatic rings. The van der Waals surface area contributed by atoms with E-state index in [2.05, 4.69) is 10.6 Å². The quantitative estimate of drug-likeness (QED) is 0.676. The van der Waals surface area contributed by atoms with Crippen molar-refractivity contribution in [3.8, 4) is 0 Å². The monoisotopic (exact) mass is 469 g/mol. The van der Waals surface area contributed by atoms with Gasteiger partial charge in [0.15, 0.2) is 0 Å². The predicted octanol–water partition coefficient (Wildman–Crippen LogP) is 3.68. The molecule has 0 saturated carbocycles. The van der Waals surface area contributed by atoms with E-state index in [0.717, 1.165) is 5.56 Å². The molecule has 0 aliphatic carbocycles. The van der Waals surface area contributed by atoms with E-state index >= 15 is 0 Å². The first-order valence-corrected chi connectivity index (χ1v) is 11.5. The second-order valence-electron chi connectivity index (χ2n) is 9.47. The molecule has 1 aliphatic heterocycles. The first-order valence-electron chi connectivity index (χ1n) is 11.5. The lowest BCUT2D eigenvalue weighted by Gasteiger charge is -2.34. The second-order valence-corrected chi connectivity index (χ2v) is 9.47. The average molecular weight is 470 g/mol.